The van der Waals surface area contributed by atoms with Gasteiger partial charge in [0.1, 0.15) is 18.1 Å². The van der Waals surface area contributed by atoms with Crippen LogP contribution in [0.25, 0.3) is 0 Å². The van der Waals surface area contributed by atoms with Crippen LogP contribution in [0, 0.1) is 0 Å². The van der Waals surface area contributed by atoms with Gasteiger partial charge in [-0.1, -0.05) is 0 Å². The van der Waals surface area contributed by atoms with Gasteiger partial charge in [-0.05, 0) is 0 Å². The van der Waals surface area contributed by atoms with E-state index in [9.17, 15) is 24.0 Å². The molecule has 2 unspecified atom stereocenters. The first-order chi connectivity index (χ1) is 12.3. The Labute approximate surface area is 166 Å². The van der Waals surface area contributed by atoms with Gasteiger partial charge in [0.25, 0.3) is 0 Å². The van der Waals surface area contributed by atoms with Crippen LogP contribution < -0.4 is 16.4 Å². The predicted molar refractivity (Wildman–Crippen MR) is 101 cm³/mol. The largest absolute Gasteiger partial charge is 0.480 e. The minimum Gasteiger partial charge on any atom is -0.480 e. The third-order valence-corrected chi connectivity index (χ3v) is 2.99. The van der Waals surface area contributed by atoms with Crippen LogP contribution in [0.1, 0.15) is 13.8 Å². The second-order valence-corrected chi connectivity index (χ2v) is 5.41. The van der Waals surface area contributed by atoms with Crippen LogP contribution in [0.4, 0.5) is 0 Å². The molecule has 12 nitrogen and oxygen atoms in total. The number of carbonyl (C=O) groups is 5. The van der Waals surface area contributed by atoms with Crippen LogP contribution in [-0.2, 0) is 24.0 Å². The van der Waals surface area contributed by atoms with Crippen molar-refractivity contribution in [2.45, 2.75) is 32.0 Å². The van der Waals surface area contributed by atoms with Gasteiger partial charge in [-0.25, -0.2) is 9.59 Å². The van der Waals surface area contributed by atoms with Gasteiger partial charge in [-0.3, -0.25) is 14.4 Å². The molecule has 27 heavy (non-hydrogen) atoms. The third-order valence-electron chi connectivity index (χ3n) is 2.23. The maximum atomic E-state index is 10.3. The number of carboxylic acids is 3. The van der Waals surface area contributed by atoms with Crippen LogP contribution in [0.5, 0.6) is 0 Å². The Balaban J connectivity index is -0.000000326. The molecule has 0 aliphatic carbocycles. The molecule has 0 radical (unpaired) electrons. The van der Waals surface area contributed by atoms with Crippen LogP contribution >= 0.6 is 25.3 Å². The summed E-state index contributed by atoms with van der Waals surface area (Å²) in [5.74, 6) is -3.84. The van der Waals surface area contributed by atoms with Crippen LogP contribution in [0.3, 0.4) is 0 Å². The van der Waals surface area contributed by atoms with E-state index in [-0.39, 0.29) is 17.4 Å². The van der Waals surface area contributed by atoms with E-state index in [1.165, 1.54) is 13.8 Å². The van der Waals surface area contributed by atoms with E-state index >= 15 is 0 Å². The molecule has 0 saturated heterocycles. The van der Waals surface area contributed by atoms with E-state index < -0.39 is 48.5 Å². The number of aliphatic carboxylic acids is 3. The number of thiol groups is 2. The van der Waals surface area contributed by atoms with Crippen molar-refractivity contribution in [2.24, 2.45) is 5.73 Å². The summed E-state index contributed by atoms with van der Waals surface area (Å²) in [6, 6.07) is -2.87. The van der Waals surface area contributed by atoms with E-state index in [1.54, 1.807) is 0 Å². The van der Waals surface area contributed by atoms with Crippen LogP contribution in [0.2, 0.25) is 0 Å². The minimum absolute atomic E-state index is 0.106. The van der Waals surface area contributed by atoms with Crippen molar-refractivity contribution in [3.63, 3.8) is 0 Å². The topological polar surface area (TPSA) is 216 Å². The molecule has 0 aromatic carbocycles. The number of nitrogens with one attached hydrogen (secondary N) is 2. The number of aliphatic hydroxyl groups excluding tert-OH is 1. The van der Waals surface area contributed by atoms with Crippen molar-refractivity contribution < 1.29 is 44.4 Å². The SMILES string of the molecule is CC(=O)NC(CO)C(=O)O.CC(=O)N[C@@H](CS)C(=O)O.NC(CS)C(=O)O. The fraction of sp³-hybridized carbons (Fsp3) is 0.615. The molecule has 0 fully saturated rings. The van der Waals surface area contributed by atoms with Crippen LogP contribution in [-0.4, -0.2) is 86.4 Å². The molecule has 0 spiro atoms. The maximum Gasteiger partial charge on any atom is 0.328 e. The highest BCUT2D eigenvalue weighted by Crippen LogP contribution is 1.87. The van der Waals surface area contributed by atoms with Gasteiger partial charge >= 0.3 is 17.9 Å². The zero-order chi connectivity index (χ0) is 22.2. The Kier molecular flexibility index (Phi) is 19.1. The van der Waals surface area contributed by atoms with Gasteiger partial charge < -0.3 is 36.8 Å². The van der Waals surface area contributed by atoms with Crippen molar-refractivity contribution in [1.82, 2.24) is 10.6 Å². The molecular formula is C13H25N3O9S2. The number of carbonyl (C=O) groups excluding carboxylic acids is 2. The normalized spacial score (nSPS) is 12.5. The zero-order valence-electron chi connectivity index (χ0n) is 14.7. The Hall–Kier alpha value is -2.03. The lowest BCUT2D eigenvalue weighted by Gasteiger charge is -2.08. The third kappa shape index (κ3) is 20.1. The second kappa shape index (κ2) is 17.4. The van der Waals surface area contributed by atoms with Crippen molar-refractivity contribution in [2.75, 3.05) is 18.1 Å². The number of carboxylic acid groups (broad SMARTS) is 3. The molecule has 158 valence electrons. The number of aliphatic hydroxyl groups is 1. The molecule has 8 N–H and O–H groups in total. The Morgan fingerprint density at radius 2 is 1.19 bits per heavy atom. The fourth-order valence-corrected chi connectivity index (χ4v) is 1.34. The highest BCUT2D eigenvalue weighted by molar-refractivity contribution is 7.80. The second-order valence-electron chi connectivity index (χ2n) is 4.68. The monoisotopic (exact) mass is 431 g/mol. The first kappa shape index (κ1) is 29.7. The number of hydrogen-bond donors (Lipinski definition) is 9. The zero-order valence-corrected chi connectivity index (χ0v) is 16.4. The number of nitrogens with two attached hydrogens (primary N) is 1. The average molecular weight is 431 g/mol. The van der Waals surface area contributed by atoms with Crippen molar-refractivity contribution >= 4 is 55.0 Å². The van der Waals surface area contributed by atoms with Crippen LogP contribution in [0.15, 0.2) is 0 Å². The average Bonchev–Trinajstić information content (AvgIpc) is 2.56. The molecule has 0 aliphatic heterocycles. The fourth-order valence-electron chi connectivity index (χ4n) is 0.940. The molecular weight excluding hydrogens is 406 g/mol. The smallest absolute Gasteiger partial charge is 0.328 e. The van der Waals surface area contributed by atoms with Gasteiger partial charge in [0.2, 0.25) is 11.8 Å². The van der Waals surface area contributed by atoms with E-state index in [0.717, 1.165) is 0 Å². The molecule has 0 aromatic heterocycles. The number of amides is 2. The van der Waals surface area contributed by atoms with Gasteiger partial charge in [0, 0.05) is 25.4 Å². The summed E-state index contributed by atoms with van der Waals surface area (Å²) >= 11 is 7.38. The lowest BCUT2D eigenvalue weighted by molar-refractivity contribution is -0.142. The summed E-state index contributed by atoms with van der Waals surface area (Å²) < 4.78 is 0. The summed E-state index contributed by atoms with van der Waals surface area (Å²) in [5.41, 5.74) is 4.94. The molecule has 0 bridgehead atoms. The molecule has 3 atom stereocenters. The lowest BCUT2D eigenvalue weighted by Crippen LogP contribution is -2.42. The first-order valence-electron chi connectivity index (χ1n) is 7.14. The molecule has 0 heterocycles. The predicted octanol–water partition coefficient (Wildman–Crippen LogP) is -2.60. The molecule has 0 aromatic rings. The first-order valence-corrected chi connectivity index (χ1v) is 8.41. The minimum atomic E-state index is -1.24. The molecule has 2 amide bonds. The lowest BCUT2D eigenvalue weighted by atomic mass is 10.3. The summed E-state index contributed by atoms with van der Waals surface area (Å²) in [6.45, 7) is 1.86. The van der Waals surface area contributed by atoms with E-state index in [1.807, 2.05) is 5.32 Å². The molecule has 14 heteroatoms. The summed E-state index contributed by atoms with van der Waals surface area (Å²) in [6.07, 6.45) is 0. The maximum absolute atomic E-state index is 10.3. The Morgan fingerprint density at radius 3 is 1.26 bits per heavy atom. The Morgan fingerprint density at radius 1 is 0.815 bits per heavy atom. The van der Waals surface area contributed by atoms with E-state index in [4.69, 9.17) is 26.2 Å². The van der Waals surface area contributed by atoms with Crippen molar-refractivity contribution in [3.05, 3.63) is 0 Å². The summed E-state index contributed by atoms with van der Waals surface area (Å²) in [7, 11) is 0. The molecule has 0 aliphatic rings. The molecule has 0 rings (SSSR count). The Bertz CT molecular complexity index is 471. The van der Waals surface area contributed by atoms with Crippen molar-refractivity contribution in [1.29, 1.82) is 0 Å². The molecule has 0 saturated carbocycles. The number of hydrogen-bond acceptors (Lipinski definition) is 9. The highest BCUT2D eigenvalue weighted by atomic mass is 32.1. The van der Waals surface area contributed by atoms with Gasteiger partial charge in [-0.2, -0.15) is 25.3 Å². The van der Waals surface area contributed by atoms with E-state index in [2.05, 4.69) is 30.6 Å². The quantitative estimate of drug-likeness (QED) is 0.183. The van der Waals surface area contributed by atoms with Gasteiger partial charge in [-0.15, -0.1) is 0 Å². The standard InChI is InChI=1S/C5H9NO4.C5H9NO3S.C3H7NO2S/c1-3(8)6-4(2-7)5(9)10;1-3(7)6-4(2-10)5(8)9;4-2(1-7)3(5)6/h4,7H,2H2,1H3,(H,6,8)(H,9,10);4,10H,2H2,1H3,(H,6,7)(H,8,9);2,7H,1,4H2,(H,5,6)/t;4-;/m.0./s1. The van der Waals surface area contributed by atoms with Gasteiger partial charge in [0.15, 0.2) is 0 Å². The summed E-state index contributed by atoms with van der Waals surface area (Å²) in [4.78, 5) is 50.6. The number of rotatable bonds is 8. The van der Waals surface area contributed by atoms with E-state index in [0.29, 0.717) is 0 Å². The van der Waals surface area contributed by atoms with Gasteiger partial charge in [0.05, 0.1) is 6.61 Å². The summed E-state index contributed by atoms with van der Waals surface area (Å²) in [5, 5.41) is 37.2. The van der Waals surface area contributed by atoms with Crippen molar-refractivity contribution in [3.8, 4) is 0 Å². The highest BCUT2D eigenvalue weighted by Gasteiger charge is 2.16.